The van der Waals surface area contributed by atoms with Crippen molar-refractivity contribution in [3.63, 3.8) is 0 Å². The van der Waals surface area contributed by atoms with Crippen LogP contribution in [0.25, 0.3) is 0 Å². The lowest BCUT2D eigenvalue weighted by Crippen LogP contribution is -2.39. The predicted molar refractivity (Wildman–Crippen MR) is 78.7 cm³/mol. The van der Waals surface area contributed by atoms with Crippen molar-refractivity contribution in [2.45, 2.75) is 19.5 Å². The Bertz CT molecular complexity index is 691. The van der Waals surface area contributed by atoms with Crippen LogP contribution in [0, 0.1) is 6.92 Å². The molecular weight excluding hydrogens is 268 g/mol. The van der Waals surface area contributed by atoms with E-state index in [9.17, 15) is 4.79 Å². The quantitative estimate of drug-likeness (QED) is 0.939. The molecule has 5 heteroatoms. The number of ether oxygens (including phenoxy) is 2. The molecule has 1 aromatic carbocycles. The number of hydrogen-bond acceptors (Lipinski definition) is 3. The highest BCUT2D eigenvalue weighted by atomic mass is 16.5. The molecule has 0 spiro atoms. The fraction of sp³-hybridized carbons (Fsp3) is 0.312. The van der Waals surface area contributed by atoms with Crippen LogP contribution in [0.1, 0.15) is 23.0 Å². The van der Waals surface area contributed by atoms with Gasteiger partial charge >= 0.3 is 0 Å². The second-order valence-electron chi connectivity index (χ2n) is 5.10. The topological polar surface area (TPSA) is 52.5 Å². The summed E-state index contributed by atoms with van der Waals surface area (Å²) < 4.78 is 12.6. The minimum absolute atomic E-state index is 0.0154. The van der Waals surface area contributed by atoms with Crippen molar-refractivity contribution >= 4 is 5.91 Å². The van der Waals surface area contributed by atoms with Gasteiger partial charge in [0, 0.05) is 11.4 Å². The van der Waals surface area contributed by atoms with Crippen LogP contribution in [0.4, 0.5) is 0 Å². The number of carbonyl (C=O) groups excluding carboxylic acids is 1. The van der Waals surface area contributed by atoms with Crippen molar-refractivity contribution in [1.82, 2.24) is 9.88 Å². The Morgan fingerprint density at radius 3 is 2.62 bits per heavy atom. The number of nitrogens with zero attached hydrogens (tertiary/aromatic N) is 1. The molecular formula is C16H18N2O3. The number of hydrogen-bond donors (Lipinski definition) is 1. The molecule has 0 bridgehead atoms. The minimum atomic E-state index is -0.167. The van der Waals surface area contributed by atoms with Crippen molar-refractivity contribution in [3.05, 3.63) is 47.3 Å². The van der Waals surface area contributed by atoms with Crippen LogP contribution in [0.15, 0.2) is 30.3 Å². The molecule has 2 aromatic rings. The monoisotopic (exact) mass is 286 g/mol. The zero-order valence-corrected chi connectivity index (χ0v) is 12.3. The van der Waals surface area contributed by atoms with Crippen LogP contribution in [-0.2, 0) is 11.3 Å². The number of fused-ring (bicyclic) bond motifs is 1. The Kier molecular flexibility index (Phi) is 3.33. The normalized spacial score (nSPS) is 17.1. The first-order valence-electron chi connectivity index (χ1n) is 6.81. The standard InChI is InChI=1S/C16H18N2O3/c1-10-4-6-12-16(17-15(19)9-18(10)12)11-5-7-13(20-2)14(8-11)21-3/h4-8,16H,9H2,1-3H3,(H,17,19). The average molecular weight is 286 g/mol. The summed E-state index contributed by atoms with van der Waals surface area (Å²) in [6, 6.07) is 9.63. The van der Waals surface area contributed by atoms with Crippen LogP contribution < -0.4 is 14.8 Å². The van der Waals surface area contributed by atoms with E-state index >= 15 is 0 Å². The highest BCUT2D eigenvalue weighted by Crippen LogP contribution is 2.33. The zero-order chi connectivity index (χ0) is 15.0. The van der Waals surface area contributed by atoms with Gasteiger partial charge in [-0.05, 0) is 36.8 Å². The van der Waals surface area contributed by atoms with E-state index < -0.39 is 0 Å². The summed E-state index contributed by atoms with van der Waals surface area (Å²) >= 11 is 0. The minimum Gasteiger partial charge on any atom is -0.493 e. The number of rotatable bonds is 3. The van der Waals surface area contributed by atoms with Gasteiger partial charge in [0.25, 0.3) is 0 Å². The van der Waals surface area contributed by atoms with Crippen LogP contribution >= 0.6 is 0 Å². The molecule has 0 saturated heterocycles. The van der Waals surface area contributed by atoms with E-state index in [-0.39, 0.29) is 11.9 Å². The summed E-state index contributed by atoms with van der Waals surface area (Å²) in [6.07, 6.45) is 0. The lowest BCUT2D eigenvalue weighted by molar-refractivity contribution is -0.123. The Morgan fingerprint density at radius 1 is 1.14 bits per heavy atom. The van der Waals surface area contributed by atoms with E-state index in [1.54, 1.807) is 14.2 Å². The van der Waals surface area contributed by atoms with Gasteiger partial charge in [-0.25, -0.2) is 0 Å². The molecule has 21 heavy (non-hydrogen) atoms. The van der Waals surface area contributed by atoms with Crippen LogP contribution in [0.3, 0.4) is 0 Å². The molecule has 0 saturated carbocycles. The predicted octanol–water partition coefficient (Wildman–Crippen LogP) is 2.03. The first kappa shape index (κ1) is 13.5. The van der Waals surface area contributed by atoms with Gasteiger partial charge in [0.1, 0.15) is 6.54 Å². The molecule has 3 rings (SSSR count). The first-order valence-corrected chi connectivity index (χ1v) is 6.81. The first-order chi connectivity index (χ1) is 10.1. The van der Waals surface area contributed by atoms with E-state index in [2.05, 4.69) is 11.4 Å². The molecule has 1 unspecified atom stereocenters. The number of amides is 1. The Labute approximate surface area is 123 Å². The van der Waals surface area contributed by atoms with E-state index in [1.807, 2.05) is 35.8 Å². The Balaban J connectivity index is 2.06. The van der Waals surface area contributed by atoms with Gasteiger partial charge in [0.15, 0.2) is 11.5 Å². The largest absolute Gasteiger partial charge is 0.493 e. The molecule has 1 aromatic heterocycles. The van der Waals surface area contributed by atoms with Crippen LogP contribution in [0.2, 0.25) is 0 Å². The maximum absolute atomic E-state index is 11.9. The summed E-state index contributed by atoms with van der Waals surface area (Å²) in [5.41, 5.74) is 3.14. The molecule has 0 aliphatic carbocycles. The smallest absolute Gasteiger partial charge is 0.240 e. The third-order valence-corrected chi connectivity index (χ3v) is 3.88. The summed E-state index contributed by atoms with van der Waals surface area (Å²) in [7, 11) is 3.21. The number of nitrogens with one attached hydrogen (secondary N) is 1. The van der Waals surface area contributed by atoms with Gasteiger partial charge in [-0.15, -0.1) is 0 Å². The molecule has 1 aliphatic rings. The zero-order valence-electron chi connectivity index (χ0n) is 12.3. The van der Waals surface area contributed by atoms with Crippen molar-refractivity contribution in [1.29, 1.82) is 0 Å². The fourth-order valence-electron chi connectivity index (χ4n) is 2.77. The second-order valence-corrected chi connectivity index (χ2v) is 5.10. The molecule has 1 N–H and O–H groups in total. The van der Waals surface area contributed by atoms with Gasteiger partial charge in [0.05, 0.1) is 20.3 Å². The van der Waals surface area contributed by atoms with Gasteiger partial charge in [-0.1, -0.05) is 6.07 Å². The number of benzene rings is 1. The lowest BCUT2D eigenvalue weighted by atomic mass is 10.0. The maximum atomic E-state index is 11.9. The Hall–Kier alpha value is -2.43. The number of carbonyl (C=O) groups is 1. The maximum Gasteiger partial charge on any atom is 0.240 e. The third kappa shape index (κ3) is 2.24. The van der Waals surface area contributed by atoms with Gasteiger partial charge in [-0.3, -0.25) is 4.79 Å². The van der Waals surface area contributed by atoms with Crippen LogP contribution in [-0.4, -0.2) is 24.7 Å². The molecule has 110 valence electrons. The van der Waals surface area contributed by atoms with Gasteiger partial charge in [0.2, 0.25) is 5.91 Å². The van der Waals surface area contributed by atoms with E-state index in [0.717, 1.165) is 17.0 Å². The summed E-state index contributed by atoms with van der Waals surface area (Å²) in [5, 5.41) is 3.03. The number of methoxy groups -OCH3 is 2. The van der Waals surface area contributed by atoms with Crippen molar-refractivity contribution in [3.8, 4) is 11.5 Å². The molecule has 1 atom stereocenters. The van der Waals surface area contributed by atoms with Crippen molar-refractivity contribution < 1.29 is 14.3 Å². The highest BCUT2D eigenvalue weighted by Gasteiger charge is 2.27. The van der Waals surface area contributed by atoms with Gasteiger partial charge in [-0.2, -0.15) is 0 Å². The number of aromatic nitrogens is 1. The van der Waals surface area contributed by atoms with E-state index in [0.29, 0.717) is 18.0 Å². The molecule has 0 radical (unpaired) electrons. The van der Waals surface area contributed by atoms with Crippen molar-refractivity contribution in [2.24, 2.45) is 0 Å². The molecule has 1 aliphatic heterocycles. The van der Waals surface area contributed by atoms with E-state index in [4.69, 9.17) is 9.47 Å². The third-order valence-electron chi connectivity index (χ3n) is 3.88. The summed E-state index contributed by atoms with van der Waals surface area (Å²) in [4.78, 5) is 11.9. The second kappa shape index (κ2) is 5.16. The summed E-state index contributed by atoms with van der Waals surface area (Å²) in [5.74, 6) is 1.35. The SMILES string of the molecule is COc1ccc(C2NC(=O)Cn3c(C)ccc32)cc1OC. The Morgan fingerprint density at radius 2 is 1.90 bits per heavy atom. The number of aryl methyl sites for hydroxylation is 1. The summed E-state index contributed by atoms with van der Waals surface area (Å²) in [6.45, 7) is 2.38. The lowest BCUT2D eigenvalue weighted by Gasteiger charge is -2.27. The average Bonchev–Trinajstić information content (AvgIpc) is 2.87. The van der Waals surface area contributed by atoms with E-state index in [1.165, 1.54) is 0 Å². The molecule has 0 fully saturated rings. The molecule has 1 amide bonds. The molecule has 5 nitrogen and oxygen atoms in total. The fourth-order valence-corrected chi connectivity index (χ4v) is 2.77. The molecule has 2 heterocycles. The van der Waals surface area contributed by atoms with Crippen LogP contribution in [0.5, 0.6) is 11.5 Å². The van der Waals surface area contributed by atoms with Crippen molar-refractivity contribution in [2.75, 3.05) is 14.2 Å². The highest BCUT2D eigenvalue weighted by molar-refractivity contribution is 5.78. The van der Waals surface area contributed by atoms with Gasteiger partial charge < -0.3 is 19.4 Å².